The maximum atomic E-state index is 14.7. The molecule has 0 aliphatic heterocycles. The molecule has 0 radical (unpaired) electrons. The molecule has 0 amide bonds. The number of aromatic nitrogens is 1. The monoisotopic (exact) mass is 628 g/mol. The number of carbonyl (C=O) groups excluding carboxylic acids is 2. The van der Waals surface area contributed by atoms with Gasteiger partial charge in [0.25, 0.3) is 0 Å². The highest BCUT2D eigenvalue weighted by atomic mass is 32.1. The summed E-state index contributed by atoms with van der Waals surface area (Å²) in [5.41, 5.74) is 7.82. The van der Waals surface area contributed by atoms with Crippen molar-refractivity contribution in [1.29, 1.82) is 0 Å². The summed E-state index contributed by atoms with van der Waals surface area (Å²) in [5, 5.41) is 0. The molecule has 0 saturated carbocycles. The molecule has 12 heteroatoms. The van der Waals surface area contributed by atoms with Gasteiger partial charge < -0.3 is 15.2 Å². The smallest absolute Gasteiger partial charge is 0.338 e. The number of rotatable bonds is 6. The van der Waals surface area contributed by atoms with E-state index in [9.17, 15) is 27.2 Å². The van der Waals surface area contributed by atoms with Crippen LogP contribution in [0.15, 0.2) is 71.1 Å². The van der Waals surface area contributed by atoms with E-state index in [1.807, 2.05) is 0 Å². The third kappa shape index (κ3) is 6.81. The van der Waals surface area contributed by atoms with Gasteiger partial charge >= 0.3 is 11.9 Å². The van der Waals surface area contributed by atoms with Gasteiger partial charge in [0.05, 0.1) is 41.2 Å². The Kier molecular flexibility index (Phi) is 10.0. The normalized spacial score (nSPS) is 10.7. The maximum absolute atomic E-state index is 14.7. The molecule has 2 N–H and O–H groups in total. The molecule has 4 aromatic carbocycles. The van der Waals surface area contributed by atoms with Crippen LogP contribution >= 0.6 is 24.0 Å². The molecule has 0 spiro atoms. The average molecular weight is 629 g/mol. The lowest BCUT2D eigenvalue weighted by Crippen LogP contribution is -2.11. The van der Waals surface area contributed by atoms with Crippen LogP contribution in [0.2, 0.25) is 0 Å². The van der Waals surface area contributed by atoms with Crippen LogP contribution in [0.3, 0.4) is 0 Å². The zero-order valence-electron chi connectivity index (χ0n) is 22.8. The molecular weight excluding hydrogens is 604 g/mol. The first kappa shape index (κ1) is 31.5. The predicted molar refractivity (Wildman–Crippen MR) is 159 cm³/mol. The van der Waals surface area contributed by atoms with Gasteiger partial charge in [-0.05, 0) is 35.4 Å². The maximum Gasteiger partial charge on any atom is 0.338 e. The van der Waals surface area contributed by atoms with E-state index in [1.165, 1.54) is 67.5 Å². The molecule has 6 nitrogen and oxygen atoms in total. The van der Waals surface area contributed by atoms with Gasteiger partial charge in [-0.2, -0.15) is 0 Å². The minimum Gasteiger partial charge on any atom is -0.465 e. The van der Waals surface area contributed by atoms with Crippen molar-refractivity contribution in [3.8, 4) is 0 Å². The zero-order valence-corrected chi connectivity index (χ0v) is 24.5. The largest absolute Gasteiger partial charge is 0.465 e. The van der Waals surface area contributed by atoms with Gasteiger partial charge in [-0.15, -0.1) is 24.0 Å². The van der Waals surface area contributed by atoms with E-state index in [0.29, 0.717) is 10.3 Å². The lowest BCUT2D eigenvalue weighted by molar-refractivity contribution is 0.0590. The van der Waals surface area contributed by atoms with E-state index < -0.39 is 35.2 Å². The van der Waals surface area contributed by atoms with Crippen molar-refractivity contribution in [1.82, 2.24) is 4.98 Å². The van der Waals surface area contributed by atoms with Gasteiger partial charge in [0.2, 0.25) is 0 Å². The Morgan fingerprint density at radius 3 is 1.81 bits per heavy atom. The first-order valence-corrected chi connectivity index (χ1v) is 13.9. The van der Waals surface area contributed by atoms with Crippen molar-refractivity contribution in [3.63, 3.8) is 0 Å². The molecule has 1 heterocycles. The molecule has 0 atom stereocenters. The summed E-state index contributed by atoms with van der Waals surface area (Å²) < 4.78 is 66.4. The molecule has 5 rings (SSSR count). The second-order valence-corrected chi connectivity index (χ2v) is 10.5. The number of benzene rings is 4. The number of thiazole rings is 1. The number of halogens is 4. The number of hydrogen-bond donors (Lipinski definition) is 2. The Balaban J connectivity index is 0.000000197. The second kappa shape index (κ2) is 13.7. The number of methoxy groups -OCH3 is 2. The Bertz CT molecular complexity index is 1830. The lowest BCUT2D eigenvalue weighted by Gasteiger charge is -2.13. The SMILES string of the molecule is COC(=O)c1cc(S)c(N)c(F)c1Cc1ccccc1F.COC(=O)c1cc2scnc2c(F)c1Cc1ccccc1F. The quantitative estimate of drug-likeness (QED) is 0.0898. The Labute approximate surface area is 253 Å². The van der Waals surface area contributed by atoms with Gasteiger partial charge in [0.1, 0.15) is 17.2 Å². The Hall–Kier alpha value is -4.42. The molecular formula is C31H24F4N2O4S2. The Morgan fingerprint density at radius 2 is 1.30 bits per heavy atom. The fraction of sp³-hybridized carbons (Fsp3) is 0.129. The summed E-state index contributed by atoms with van der Waals surface area (Å²) in [6, 6.07) is 14.9. The third-order valence-corrected chi connectivity index (χ3v) is 7.66. The number of carbonyl (C=O) groups is 2. The third-order valence-electron chi connectivity index (χ3n) is 6.51. The molecule has 222 valence electrons. The van der Waals surface area contributed by atoms with Crippen molar-refractivity contribution < 1.29 is 36.6 Å². The van der Waals surface area contributed by atoms with Crippen LogP contribution < -0.4 is 5.73 Å². The van der Waals surface area contributed by atoms with Crippen LogP contribution in [0.5, 0.6) is 0 Å². The zero-order chi connectivity index (χ0) is 31.3. The predicted octanol–water partition coefficient (Wildman–Crippen LogP) is 7.17. The van der Waals surface area contributed by atoms with Crippen LogP contribution in [0, 0.1) is 23.3 Å². The van der Waals surface area contributed by atoms with Crippen molar-refractivity contribution in [2.45, 2.75) is 17.7 Å². The Morgan fingerprint density at radius 1 is 0.814 bits per heavy atom. The highest BCUT2D eigenvalue weighted by molar-refractivity contribution is 7.80. The fourth-order valence-corrected chi connectivity index (χ4v) is 5.23. The number of nitrogens with zero attached hydrogens (tertiary/aromatic N) is 1. The number of ether oxygens (including phenoxy) is 2. The van der Waals surface area contributed by atoms with Gasteiger partial charge in [-0.1, -0.05) is 36.4 Å². The molecule has 43 heavy (non-hydrogen) atoms. The van der Waals surface area contributed by atoms with Crippen molar-refractivity contribution in [3.05, 3.63) is 123 Å². The van der Waals surface area contributed by atoms with E-state index in [4.69, 9.17) is 10.5 Å². The van der Waals surface area contributed by atoms with Crippen LogP contribution in [0.25, 0.3) is 10.2 Å². The average Bonchev–Trinajstić information content (AvgIpc) is 3.49. The van der Waals surface area contributed by atoms with Crippen molar-refractivity contribution in [2.24, 2.45) is 0 Å². The number of nitrogen functional groups attached to an aromatic ring is 1. The molecule has 0 bridgehead atoms. The van der Waals surface area contributed by atoms with Crippen LogP contribution in [0.1, 0.15) is 43.0 Å². The van der Waals surface area contributed by atoms with E-state index >= 15 is 0 Å². The molecule has 1 aromatic heterocycles. The summed E-state index contributed by atoms with van der Waals surface area (Å²) in [6.07, 6.45) is -0.155. The van der Waals surface area contributed by atoms with Crippen LogP contribution in [0.4, 0.5) is 23.2 Å². The number of fused-ring (bicyclic) bond motifs is 1. The van der Waals surface area contributed by atoms with E-state index in [0.717, 1.165) is 0 Å². The first-order valence-electron chi connectivity index (χ1n) is 12.5. The summed E-state index contributed by atoms with van der Waals surface area (Å²) in [7, 11) is 2.41. The summed E-state index contributed by atoms with van der Waals surface area (Å²) >= 11 is 5.25. The lowest BCUT2D eigenvalue weighted by atomic mass is 9.98. The highest BCUT2D eigenvalue weighted by Crippen LogP contribution is 2.31. The van der Waals surface area contributed by atoms with Crippen LogP contribution in [-0.4, -0.2) is 31.1 Å². The van der Waals surface area contributed by atoms with Crippen molar-refractivity contribution in [2.75, 3.05) is 20.0 Å². The summed E-state index contributed by atoms with van der Waals surface area (Å²) in [4.78, 5) is 27.8. The summed E-state index contributed by atoms with van der Waals surface area (Å²) in [6.45, 7) is 0. The number of thiol groups is 1. The summed E-state index contributed by atoms with van der Waals surface area (Å²) in [5.74, 6) is -3.71. The van der Waals surface area contributed by atoms with E-state index in [2.05, 4.69) is 22.3 Å². The highest BCUT2D eigenvalue weighted by Gasteiger charge is 2.23. The van der Waals surface area contributed by atoms with E-state index in [-0.39, 0.29) is 56.8 Å². The minimum atomic E-state index is -0.786. The number of anilines is 1. The fourth-order valence-electron chi connectivity index (χ4n) is 4.29. The molecule has 0 fully saturated rings. The van der Waals surface area contributed by atoms with Gasteiger partial charge in [0, 0.05) is 28.9 Å². The minimum absolute atomic E-state index is 0.0118. The molecule has 0 aliphatic carbocycles. The number of nitrogens with two attached hydrogens (primary N) is 1. The first-order chi connectivity index (χ1) is 20.6. The van der Waals surface area contributed by atoms with Crippen molar-refractivity contribution >= 4 is 51.8 Å². The second-order valence-electron chi connectivity index (χ2n) is 9.08. The number of hydrogen-bond acceptors (Lipinski definition) is 8. The standard InChI is InChI=1S/C16H11F2NO2S.C15H13F2NO2S/c1-21-16(20)11-7-13-15(19-8-22-13)14(18)10(11)6-9-4-2-3-5-12(9)17;1-20-15(19)10-7-12(21)14(18)13(17)9(10)6-8-4-2-3-5-11(8)16/h2-5,7-8H,6H2,1H3;2-5,7,21H,6,18H2,1H3. The molecule has 5 aromatic rings. The van der Waals surface area contributed by atoms with Crippen LogP contribution in [-0.2, 0) is 22.3 Å². The topological polar surface area (TPSA) is 91.5 Å². The van der Waals surface area contributed by atoms with Gasteiger partial charge in [0.15, 0.2) is 11.6 Å². The van der Waals surface area contributed by atoms with E-state index in [1.54, 1.807) is 24.3 Å². The number of esters is 2. The molecule has 0 saturated heterocycles. The molecule has 0 aliphatic rings. The van der Waals surface area contributed by atoms with Gasteiger partial charge in [-0.3, -0.25) is 0 Å². The van der Waals surface area contributed by atoms with Gasteiger partial charge in [-0.25, -0.2) is 32.1 Å². The molecule has 0 unspecified atom stereocenters.